The average molecular weight is 302 g/mol. The Morgan fingerprint density at radius 3 is 2.50 bits per heavy atom. The third-order valence-corrected chi connectivity index (χ3v) is 4.84. The highest BCUT2D eigenvalue weighted by Gasteiger charge is 2.32. The highest BCUT2D eigenvalue weighted by atomic mass is 32.2. The molecule has 0 aliphatic carbocycles. The van der Waals surface area contributed by atoms with Gasteiger partial charge < -0.3 is 15.4 Å². The Balaban J connectivity index is 2.60. The number of aliphatic imine (C=N–C) groups is 1. The molecule has 20 heavy (non-hydrogen) atoms. The van der Waals surface area contributed by atoms with Gasteiger partial charge in [0.2, 0.25) is 0 Å². The molecule has 0 aromatic rings. The summed E-state index contributed by atoms with van der Waals surface area (Å²) in [6, 6.07) is 0. The Morgan fingerprint density at radius 1 is 1.25 bits per heavy atom. The van der Waals surface area contributed by atoms with E-state index in [1.54, 1.807) is 0 Å². The van der Waals surface area contributed by atoms with Gasteiger partial charge in [0.1, 0.15) is 0 Å². The molecular weight excluding hydrogens is 270 g/mol. The number of nitrogens with zero attached hydrogens (tertiary/aromatic N) is 1. The second-order valence-corrected chi connectivity index (χ2v) is 7.43. The van der Waals surface area contributed by atoms with Crippen molar-refractivity contribution in [2.75, 3.05) is 38.6 Å². The second-order valence-electron chi connectivity index (χ2n) is 5.70. The summed E-state index contributed by atoms with van der Waals surface area (Å²) in [4.78, 5) is 4.82. The average Bonchev–Trinajstić information content (AvgIpc) is 2.43. The first kappa shape index (κ1) is 17.6. The molecule has 1 aliphatic heterocycles. The summed E-state index contributed by atoms with van der Waals surface area (Å²) in [5.41, 5.74) is 0. The zero-order chi connectivity index (χ0) is 14.8. The molecule has 1 rings (SSSR count). The Kier molecular flexibility index (Phi) is 8.38. The molecule has 0 amide bonds. The van der Waals surface area contributed by atoms with Gasteiger partial charge in [-0.3, -0.25) is 4.99 Å². The van der Waals surface area contributed by atoms with Crippen molar-refractivity contribution in [3.8, 4) is 0 Å². The fraction of sp³-hybridized carbons (Fsp3) is 0.933. The lowest BCUT2D eigenvalue weighted by Gasteiger charge is -2.35. The number of rotatable bonds is 7. The molecule has 1 saturated heterocycles. The lowest BCUT2D eigenvalue weighted by Crippen LogP contribution is -2.42. The van der Waals surface area contributed by atoms with E-state index in [9.17, 15) is 0 Å². The molecule has 5 heteroatoms. The Morgan fingerprint density at radius 2 is 1.95 bits per heavy atom. The highest BCUT2D eigenvalue weighted by Crippen LogP contribution is 2.35. The minimum absolute atomic E-state index is 0.271. The molecule has 1 aliphatic rings. The van der Waals surface area contributed by atoms with E-state index in [0.717, 1.165) is 57.4 Å². The maximum atomic E-state index is 5.51. The number of nitrogens with one attached hydrogen (secondary N) is 2. The molecule has 2 N–H and O–H groups in total. The normalized spacial score (nSPS) is 19.1. The molecule has 118 valence electrons. The smallest absolute Gasteiger partial charge is 0.191 e. The van der Waals surface area contributed by atoms with Crippen molar-refractivity contribution in [2.24, 2.45) is 10.9 Å². The van der Waals surface area contributed by atoms with Gasteiger partial charge in [0.05, 0.1) is 6.54 Å². The van der Waals surface area contributed by atoms with E-state index in [2.05, 4.69) is 38.3 Å². The van der Waals surface area contributed by atoms with E-state index < -0.39 is 0 Å². The van der Waals surface area contributed by atoms with Crippen LogP contribution in [0.5, 0.6) is 0 Å². The van der Waals surface area contributed by atoms with Crippen LogP contribution in [-0.2, 0) is 4.74 Å². The van der Waals surface area contributed by atoms with E-state index in [0.29, 0.717) is 5.92 Å². The topological polar surface area (TPSA) is 45.7 Å². The molecule has 1 heterocycles. The predicted molar refractivity (Wildman–Crippen MR) is 89.7 cm³/mol. The minimum Gasteiger partial charge on any atom is -0.381 e. The molecule has 4 nitrogen and oxygen atoms in total. The number of ether oxygens (including phenoxy) is 1. The van der Waals surface area contributed by atoms with Crippen LogP contribution < -0.4 is 10.6 Å². The zero-order valence-corrected chi connectivity index (χ0v) is 14.3. The first-order valence-corrected chi connectivity index (χ1v) is 8.84. The lowest BCUT2D eigenvalue weighted by atomic mass is 9.99. The van der Waals surface area contributed by atoms with Gasteiger partial charge in [-0.25, -0.2) is 0 Å². The van der Waals surface area contributed by atoms with Crippen molar-refractivity contribution in [3.63, 3.8) is 0 Å². The molecular formula is C15H31N3OS. The van der Waals surface area contributed by atoms with Crippen LogP contribution in [0.4, 0.5) is 0 Å². The van der Waals surface area contributed by atoms with E-state index in [1.165, 1.54) is 0 Å². The van der Waals surface area contributed by atoms with Gasteiger partial charge in [0, 0.05) is 31.1 Å². The third-order valence-electron chi connectivity index (χ3n) is 3.40. The highest BCUT2D eigenvalue weighted by molar-refractivity contribution is 8.00. The summed E-state index contributed by atoms with van der Waals surface area (Å²) in [5, 5.41) is 6.75. The van der Waals surface area contributed by atoms with Crippen molar-refractivity contribution in [1.82, 2.24) is 10.6 Å². The van der Waals surface area contributed by atoms with Crippen LogP contribution in [0.3, 0.4) is 0 Å². The van der Waals surface area contributed by atoms with E-state index in [1.807, 2.05) is 11.8 Å². The molecule has 0 radical (unpaired) electrons. The first-order valence-electron chi connectivity index (χ1n) is 7.85. The molecule has 0 spiro atoms. The van der Waals surface area contributed by atoms with E-state index >= 15 is 0 Å². The zero-order valence-electron chi connectivity index (χ0n) is 13.5. The van der Waals surface area contributed by atoms with Gasteiger partial charge in [0.25, 0.3) is 0 Å². The number of hydrogen-bond acceptors (Lipinski definition) is 3. The lowest BCUT2D eigenvalue weighted by molar-refractivity contribution is 0.0793. The molecule has 0 unspecified atom stereocenters. The first-order chi connectivity index (χ1) is 9.62. The van der Waals surface area contributed by atoms with E-state index in [4.69, 9.17) is 9.73 Å². The largest absolute Gasteiger partial charge is 0.381 e. The minimum atomic E-state index is 0.271. The van der Waals surface area contributed by atoms with Gasteiger partial charge >= 0.3 is 0 Å². The molecule has 0 saturated carbocycles. The third kappa shape index (κ3) is 6.35. The van der Waals surface area contributed by atoms with Crippen molar-refractivity contribution >= 4 is 17.7 Å². The number of hydrogen-bond donors (Lipinski definition) is 2. The van der Waals surface area contributed by atoms with Crippen molar-refractivity contribution in [3.05, 3.63) is 0 Å². The SMILES string of the molecule is CCNC(=NCC1(SCC)CCOCC1)NCC(C)C. The van der Waals surface area contributed by atoms with Crippen molar-refractivity contribution < 1.29 is 4.74 Å². The van der Waals surface area contributed by atoms with Crippen LogP contribution >= 0.6 is 11.8 Å². The van der Waals surface area contributed by atoms with Crippen LogP contribution in [0.1, 0.15) is 40.5 Å². The summed E-state index contributed by atoms with van der Waals surface area (Å²) >= 11 is 2.04. The molecule has 0 atom stereocenters. The maximum absolute atomic E-state index is 5.51. The number of thioether (sulfide) groups is 1. The van der Waals surface area contributed by atoms with Crippen LogP contribution in [0.15, 0.2) is 4.99 Å². The summed E-state index contributed by atoms with van der Waals surface area (Å²) < 4.78 is 5.78. The summed E-state index contributed by atoms with van der Waals surface area (Å²) in [6.45, 7) is 13.3. The molecule has 1 fully saturated rings. The summed E-state index contributed by atoms with van der Waals surface area (Å²) in [7, 11) is 0. The monoisotopic (exact) mass is 301 g/mol. The predicted octanol–water partition coefficient (Wildman–Crippen LogP) is 2.50. The fourth-order valence-electron chi connectivity index (χ4n) is 2.26. The van der Waals surface area contributed by atoms with Crippen LogP contribution in [-0.4, -0.2) is 49.3 Å². The maximum Gasteiger partial charge on any atom is 0.191 e. The molecule has 0 bridgehead atoms. The molecule has 0 aromatic carbocycles. The van der Waals surface area contributed by atoms with Crippen molar-refractivity contribution in [1.29, 1.82) is 0 Å². The quantitative estimate of drug-likeness (QED) is 0.560. The van der Waals surface area contributed by atoms with Gasteiger partial charge in [-0.1, -0.05) is 20.8 Å². The standard InChI is InChI=1S/C15H31N3OS/c1-5-16-14(17-11-13(3)4)18-12-15(20-6-2)7-9-19-10-8-15/h13H,5-12H2,1-4H3,(H2,16,17,18). The van der Waals surface area contributed by atoms with Gasteiger partial charge in [-0.05, 0) is 31.4 Å². The van der Waals surface area contributed by atoms with Crippen LogP contribution in [0.25, 0.3) is 0 Å². The van der Waals surface area contributed by atoms with Crippen molar-refractivity contribution in [2.45, 2.75) is 45.3 Å². The fourth-order valence-corrected chi connectivity index (χ4v) is 3.49. The van der Waals surface area contributed by atoms with Crippen LogP contribution in [0, 0.1) is 5.92 Å². The van der Waals surface area contributed by atoms with Gasteiger partial charge in [-0.15, -0.1) is 0 Å². The van der Waals surface area contributed by atoms with Gasteiger partial charge in [-0.2, -0.15) is 11.8 Å². The summed E-state index contributed by atoms with van der Waals surface area (Å²) in [5.74, 6) is 2.72. The van der Waals surface area contributed by atoms with E-state index in [-0.39, 0.29) is 4.75 Å². The Bertz CT molecular complexity index is 283. The second kappa shape index (κ2) is 9.50. The number of guanidine groups is 1. The van der Waals surface area contributed by atoms with Crippen LogP contribution in [0.2, 0.25) is 0 Å². The Labute approximate surface area is 128 Å². The molecule has 0 aromatic heterocycles. The Hall–Kier alpha value is -0.420. The van der Waals surface area contributed by atoms with Gasteiger partial charge in [0.15, 0.2) is 5.96 Å². The summed E-state index contributed by atoms with van der Waals surface area (Å²) in [6.07, 6.45) is 2.22.